The predicted octanol–water partition coefficient (Wildman–Crippen LogP) is 6.77. The first-order valence-electron chi connectivity index (χ1n) is 13.6. The Labute approximate surface area is 263 Å². The van der Waals surface area contributed by atoms with E-state index < -0.39 is 5.41 Å². The smallest absolute Gasteiger partial charge is 0.174 e. The van der Waals surface area contributed by atoms with Crippen LogP contribution in [0.5, 0.6) is 0 Å². The van der Waals surface area contributed by atoms with Gasteiger partial charge in [-0.1, -0.05) is 54.1 Å². The van der Waals surface area contributed by atoms with Gasteiger partial charge in [0.2, 0.25) is 0 Å². The third-order valence-electron chi connectivity index (χ3n) is 7.29. The number of fused-ring (bicyclic) bond motifs is 3. The molecular formula is C36H24IrN6-2. The van der Waals surface area contributed by atoms with Gasteiger partial charge >= 0.3 is 0 Å². The van der Waals surface area contributed by atoms with Gasteiger partial charge in [0, 0.05) is 38.2 Å². The third kappa shape index (κ3) is 5.10. The molecule has 7 heteroatoms. The van der Waals surface area contributed by atoms with Crippen molar-refractivity contribution in [1.29, 1.82) is 0 Å². The molecule has 0 spiro atoms. The molecule has 43 heavy (non-hydrogen) atoms. The zero-order valence-electron chi connectivity index (χ0n) is 22.9. The second-order valence-electron chi connectivity index (χ2n) is 9.66. The van der Waals surface area contributed by atoms with Crippen LogP contribution in [-0.2, 0) is 25.5 Å². The molecule has 1 radical (unpaired) electrons. The van der Waals surface area contributed by atoms with Crippen molar-refractivity contribution in [2.75, 3.05) is 0 Å². The van der Waals surface area contributed by atoms with E-state index >= 15 is 0 Å². The molecule has 6 nitrogen and oxygen atoms in total. The average molecular weight is 733 g/mol. The van der Waals surface area contributed by atoms with E-state index in [0.717, 1.165) is 34.0 Å². The Morgan fingerprint density at radius 3 is 2.05 bits per heavy atom. The van der Waals surface area contributed by atoms with Gasteiger partial charge in [-0.05, 0) is 41.6 Å². The summed E-state index contributed by atoms with van der Waals surface area (Å²) in [6.07, 6.45) is 6.80. The summed E-state index contributed by atoms with van der Waals surface area (Å²) in [6.45, 7) is 0. The van der Waals surface area contributed by atoms with Crippen LogP contribution in [0.3, 0.4) is 0 Å². The molecule has 4 heterocycles. The van der Waals surface area contributed by atoms with E-state index in [1.807, 2.05) is 79.0 Å². The van der Waals surface area contributed by atoms with Gasteiger partial charge in [0.25, 0.3) is 0 Å². The number of nitrogens with zero attached hydrogens (tertiary/aromatic N) is 6. The summed E-state index contributed by atoms with van der Waals surface area (Å²) in [6, 6.07) is 47.5. The fourth-order valence-corrected chi connectivity index (χ4v) is 5.55. The summed E-state index contributed by atoms with van der Waals surface area (Å²) >= 11 is 0. The van der Waals surface area contributed by atoms with Crippen molar-refractivity contribution in [2.24, 2.45) is 0 Å². The van der Waals surface area contributed by atoms with E-state index in [1.165, 1.54) is 21.5 Å². The summed E-state index contributed by atoms with van der Waals surface area (Å²) in [5.41, 5.74) is 7.81. The molecule has 0 saturated carbocycles. The number of aromatic nitrogens is 6. The molecule has 4 aromatic heterocycles. The SMILES string of the molecule is [Ir].[c-]1ccccc1-c1cccc([C@]2(c3ccccn3)c3[c-]cccc3-c3ccccc32)n1.c1ccc(-n2nccn2)nc1. The van der Waals surface area contributed by atoms with Gasteiger partial charge in [-0.3, -0.25) is 9.97 Å². The summed E-state index contributed by atoms with van der Waals surface area (Å²) in [7, 11) is 0. The Hall–Kier alpha value is -5.10. The minimum absolute atomic E-state index is 0. The summed E-state index contributed by atoms with van der Waals surface area (Å²) < 4.78 is 0. The van der Waals surface area contributed by atoms with Crippen LogP contribution in [0.2, 0.25) is 0 Å². The molecule has 0 aliphatic heterocycles. The third-order valence-corrected chi connectivity index (χ3v) is 7.29. The zero-order chi connectivity index (χ0) is 28.2. The molecule has 3 aromatic carbocycles. The molecule has 8 rings (SSSR count). The number of rotatable bonds is 4. The standard InChI is InChI=1S/C29H18N2.C7H6N4.Ir/c1-2-11-21(12-3-1)26-17-10-19-28(31-26)29(27-18-8-9-20-30-27)24-15-6-4-13-22(24)23-14-5-7-16-25(23)29;1-2-4-8-7(3-1)11-9-5-6-10-11;/h1-11,13-15,17-20H;1-6H;/q-2;;/t29-;;/m0../s1. The van der Waals surface area contributed by atoms with Gasteiger partial charge in [0.1, 0.15) is 0 Å². The average Bonchev–Trinajstić information content (AvgIpc) is 3.73. The van der Waals surface area contributed by atoms with Crippen LogP contribution in [-0.4, -0.2) is 29.9 Å². The first-order chi connectivity index (χ1) is 20.9. The Morgan fingerprint density at radius 2 is 1.28 bits per heavy atom. The Kier molecular flexibility index (Phi) is 8.09. The van der Waals surface area contributed by atoms with E-state index in [0.29, 0.717) is 0 Å². The van der Waals surface area contributed by atoms with Crippen molar-refractivity contribution in [3.8, 4) is 28.2 Å². The normalized spacial score (nSPS) is 14.4. The molecule has 1 aliphatic rings. The van der Waals surface area contributed by atoms with E-state index in [9.17, 15) is 0 Å². The number of hydrogen-bond donors (Lipinski definition) is 0. The van der Waals surface area contributed by atoms with Crippen molar-refractivity contribution in [2.45, 2.75) is 5.41 Å². The second kappa shape index (κ2) is 12.4. The van der Waals surface area contributed by atoms with Crippen molar-refractivity contribution >= 4 is 0 Å². The van der Waals surface area contributed by atoms with Gasteiger partial charge in [0.05, 0.1) is 23.5 Å². The van der Waals surface area contributed by atoms with E-state index in [2.05, 4.69) is 75.8 Å². The quantitative estimate of drug-likeness (QED) is 0.187. The van der Waals surface area contributed by atoms with Crippen LogP contribution in [0.25, 0.3) is 28.2 Å². The van der Waals surface area contributed by atoms with Crippen LogP contribution in [0, 0.1) is 12.1 Å². The van der Waals surface area contributed by atoms with E-state index in [4.69, 9.17) is 9.97 Å². The van der Waals surface area contributed by atoms with Gasteiger partial charge in [0.15, 0.2) is 5.82 Å². The van der Waals surface area contributed by atoms with Crippen LogP contribution in [0.1, 0.15) is 22.5 Å². The van der Waals surface area contributed by atoms with Crippen LogP contribution >= 0.6 is 0 Å². The molecule has 209 valence electrons. The summed E-state index contributed by atoms with van der Waals surface area (Å²) in [5.74, 6) is 0.734. The van der Waals surface area contributed by atoms with E-state index in [1.54, 1.807) is 18.6 Å². The minimum atomic E-state index is -0.626. The molecule has 0 N–H and O–H groups in total. The van der Waals surface area contributed by atoms with Crippen molar-refractivity contribution in [3.63, 3.8) is 0 Å². The van der Waals surface area contributed by atoms with Crippen LogP contribution in [0.4, 0.5) is 0 Å². The van der Waals surface area contributed by atoms with Crippen molar-refractivity contribution < 1.29 is 20.1 Å². The van der Waals surface area contributed by atoms with Gasteiger partial charge < -0.3 is 0 Å². The zero-order valence-corrected chi connectivity index (χ0v) is 25.3. The molecule has 0 fully saturated rings. The van der Waals surface area contributed by atoms with Gasteiger partial charge in [-0.15, -0.1) is 51.8 Å². The Balaban J connectivity index is 0.000000231. The van der Waals surface area contributed by atoms with Crippen molar-refractivity contribution in [1.82, 2.24) is 29.9 Å². The van der Waals surface area contributed by atoms with Crippen LogP contribution in [0.15, 0.2) is 146 Å². The molecular weight excluding hydrogens is 709 g/mol. The monoisotopic (exact) mass is 733 g/mol. The van der Waals surface area contributed by atoms with Gasteiger partial charge in [-0.2, -0.15) is 34.5 Å². The molecule has 7 aromatic rings. The molecule has 0 unspecified atom stereocenters. The molecule has 1 aliphatic carbocycles. The maximum absolute atomic E-state index is 5.18. The number of hydrogen-bond acceptors (Lipinski definition) is 5. The van der Waals surface area contributed by atoms with E-state index in [-0.39, 0.29) is 20.1 Å². The largest absolute Gasteiger partial charge is 0.300 e. The Morgan fingerprint density at radius 1 is 0.558 bits per heavy atom. The second-order valence-corrected chi connectivity index (χ2v) is 9.66. The van der Waals surface area contributed by atoms with Crippen molar-refractivity contribution in [3.05, 3.63) is 181 Å². The molecule has 0 saturated heterocycles. The Bertz CT molecular complexity index is 1880. The molecule has 0 bridgehead atoms. The topological polar surface area (TPSA) is 69.4 Å². The van der Waals surface area contributed by atoms with Gasteiger partial charge in [-0.25, -0.2) is 4.98 Å². The summed E-state index contributed by atoms with van der Waals surface area (Å²) in [4.78, 5) is 15.6. The number of benzene rings is 3. The maximum Gasteiger partial charge on any atom is 0.174 e. The summed E-state index contributed by atoms with van der Waals surface area (Å²) in [5, 5.41) is 7.86. The fraction of sp³-hybridized carbons (Fsp3) is 0.0278. The van der Waals surface area contributed by atoms with Crippen LogP contribution < -0.4 is 0 Å². The molecule has 1 atom stereocenters. The fourth-order valence-electron chi connectivity index (χ4n) is 5.55. The molecule has 0 amide bonds. The predicted molar refractivity (Wildman–Crippen MR) is 162 cm³/mol. The first kappa shape index (κ1) is 28.0. The first-order valence-corrected chi connectivity index (χ1v) is 13.6. The maximum atomic E-state index is 5.18. The minimum Gasteiger partial charge on any atom is -0.300 e. The number of pyridine rings is 3.